The maximum atomic E-state index is 11.6. The van der Waals surface area contributed by atoms with E-state index in [1.807, 2.05) is 24.3 Å². The van der Waals surface area contributed by atoms with Crippen LogP contribution in [0.4, 0.5) is 0 Å². The van der Waals surface area contributed by atoms with E-state index in [0.717, 1.165) is 11.1 Å². The number of benzene rings is 1. The molecule has 0 spiro atoms. The Bertz CT molecular complexity index is 401. The number of primary amides is 1. The summed E-state index contributed by atoms with van der Waals surface area (Å²) in [4.78, 5) is 22.1. The molecule has 5 N–H and O–H groups in total. The van der Waals surface area contributed by atoms with Crippen LogP contribution in [0.1, 0.15) is 24.0 Å². The molecule has 1 rings (SSSR count). The topological polar surface area (TPSA) is 98.2 Å². The SMILES string of the molecule is NCc1ccc(CC(=O)NCCCC(N)=O)cc1. The fraction of sp³-hybridized carbons (Fsp3) is 0.385. The highest BCUT2D eigenvalue weighted by atomic mass is 16.2. The second kappa shape index (κ2) is 7.45. The predicted octanol–water partition coefficient (Wildman–Crippen LogP) is 0.0695. The van der Waals surface area contributed by atoms with Gasteiger partial charge in [-0.3, -0.25) is 9.59 Å². The molecule has 0 bridgehead atoms. The number of hydrogen-bond donors (Lipinski definition) is 3. The first-order chi connectivity index (χ1) is 8.61. The molecule has 0 unspecified atom stereocenters. The van der Waals surface area contributed by atoms with Crippen LogP contribution in [0, 0.1) is 0 Å². The van der Waals surface area contributed by atoms with E-state index in [4.69, 9.17) is 11.5 Å². The fourth-order valence-electron chi connectivity index (χ4n) is 1.53. The summed E-state index contributed by atoms with van der Waals surface area (Å²) in [6, 6.07) is 7.61. The number of nitrogens with one attached hydrogen (secondary N) is 1. The summed E-state index contributed by atoms with van der Waals surface area (Å²) in [5.74, 6) is -0.401. The van der Waals surface area contributed by atoms with Crippen LogP contribution >= 0.6 is 0 Å². The summed E-state index contributed by atoms with van der Waals surface area (Å²) >= 11 is 0. The van der Waals surface area contributed by atoms with Crippen molar-refractivity contribution in [2.45, 2.75) is 25.8 Å². The smallest absolute Gasteiger partial charge is 0.224 e. The lowest BCUT2D eigenvalue weighted by Gasteiger charge is -2.05. The fourth-order valence-corrected chi connectivity index (χ4v) is 1.53. The van der Waals surface area contributed by atoms with E-state index in [2.05, 4.69) is 5.32 Å². The largest absolute Gasteiger partial charge is 0.370 e. The Kier molecular flexibility index (Phi) is 5.87. The van der Waals surface area contributed by atoms with Gasteiger partial charge in [-0.1, -0.05) is 24.3 Å². The number of hydrogen-bond acceptors (Lipinski definition) is 3. The average molecular weight is 249 g/mol. The third-order valence-corrected chi connectivity index (χ3v) is 2.55. The van der Waals surface area contributed by atoms with Crippen LogP contribution in [-0.2, 0) is 22.6 Å². The minimum Gasteiger partial charge on any atom is -0.370 e. The molecule has 0 radical (unpaired) electrons. The van der Waals surface area contributed by atoms with E-state index >= 15 is 0 Å². The van der Waals surface area contributed by atoms with E-state index in [1.54, 1.807) is 0 Å². The third-order valence-electron chi connectivity index (χ3n) is 2.55. The number of amides is 2. The first-order valence-corrected chi connectivity index (χ1v) is 5.94. The van der Waals surface area contributed by atoms with Gasteiger partial charge in [-0.05, 0) is 17.5 Å². The van der Waals surface area contributed by atoms with E-state index in [-0.39, 0.29) is 11.8 Å². The summed E-state index contributed by atoms with van der Waals surface area (Å²) in [6.45, 7) is 0.974. The van der Waals surface area contributed by atoms with Gasteiger partial charge in [-0.25, -0.2) is 0 Å². The van der Waals surface area contributed by atoms with Gasteiger partial charge >= 0.3 is 0 Å². The third kappa shape index (κ3) is 5.45. The van der Waals surface area contributed by atoms with Crippen molar-refractivity contribution >= 4 is 11.8 Å². The number of carbonyl (C=O) groups excluding carboxylic acids is 2. The monoisotopic (exact) mass is 249 g/mol. The average Bonchev–Trinajstić information content (AvgIpc) is 2.35. The molecule has 0 heterocycles. The lowest BCUT2D eigenvalue weighted by Crippen LogP contribution is -2.27. The van der Waals surface area contributed by atoms with Crippen molar-refractivity contribution < 1.29 is 9.59 Å². The molecular weight excluding hydrogens is 230 g/mol. The summed E-state index contributed by atoms with van der Waals surface area (Å²) in [7, 11) is 0. The first kappa shape index (κ1) is 14.2. The van der Waals surface area contributed by atoms with Gasteiger partial charge in [0.2, 0.25) is 11.8 Å². The van der Waals surface area contributed by atoms with Crippen LogP contribution in [0.5, 0.6) is 0 Å². The molecule has 0 atom stereocenters. The van der Waals surface area contributed by atoms with Crippen LogP contribution in [0.25, 0.3) is 0 Å². The van der Waals surface area contributed by atoms with Crippen molar-refractivity contribution in [3.63, 3.8) is 0 Å². The lowest BCUT2D eigenvalue weighted by molar-refractivity contribution is -0.121. The highest BCUT2D eigenvalue weighted by Gasteiger charge is 2.03. The molecule has 5 heteroatoms. The van der Waals surface area contributed by atoms with Crippen LogP contribution in [0.15, 0.2) is 24.3 Å². The van der Waals surface area contributed by atoms with Gasteiger partial charge in [0.05, 0.1) is 6.42 Å². The Hall–Kier alpha value is -1.88. The Morgan fingerprint density at radius 2 is 1.72 bits per heavy atom. The van der Waals surface area contributed by atoms with Gasteiger partial charge in [0, 0.05) is 19.5 Å². The standard InChI is InChI=1S/C13H19N3O2/c14-9-11-5-3-10(4-6-11)8-13(18)16-7-1-2-12(15)17/h3-6H,1-2,7-9,14H2,(H2,15,17)(H,16,18). The van der Waals surface area contributed by atoms with Crippen LogP contribution < -0.4 is 16.8 Å². The Labute approximate surface area is 107 Å². The van der Waals surface area contributed by atoms with E-state index in [0.29, 0.717) is 32.4 Å². The molecule has 0 aliphatic carbocycles. The molecule has 18 heavy (non-hydrogen) atoms. The Balaban J connectivity index is 2.28. The highest BCUT2D eigenvalue weighted by Crippen LogP contribution is 2.04. The lowest BCUT2D eigenvalue weighted by atomic mass is 10.1. The predicted molar refractivity (Wildman–Crippen MR) is 69.5 cm³/mol. The van der Waals surface area contributed by atoms with Crippen molar-refractivity contribution in [2.24, 2.45) is 11.5 Å². The van der Waals surface area contributed by atoms with Crippen molar-refractivity contribution in [1.82, 2.24) is 5.32 Å². The minimum atomic E-state index is -0.346. The van der Waals surface area contributed by atoms with Gasteiger partial charge in [-0.2, -0.15) is 0 Å². The molecule has 0 aliphatic heterocycles. The molecular formula is C13H19N3O2. The number of carbonyl (C=O) groups is 2. The van der Waals surface area contributed by atoms with Crippen LogP contribution in [0.3, 0.4) is 0 Å². The van der Waals surface area contributed by atoms with E-state index in [9.17, 15) is 9.59 Å². The van der Waals surface area contributed by atoms with Crippen LogP contribution in [-0.4, -0.2) is 18.4 Å². The molecule has 0 aromatic heterocycles. The summed E-state index contributed by atoms with van der Waals surface area (Å²) in [5, 5.41) is 2.74. The second-order valence-electron chi connectivity index (χ2n) is 4.12. The molecule has 0 aliphatic rings. The molecule has 0 fully saturated rings. The Morgan fingerprint density at radius 1 is 1.11 bits per heavy atom. The molecule has 0 saturated carbocycles. The van der Waals surface area contributed by atoms with Gasteiger partial charge in [-0.15, -0.1) is 0 Å². The molecule has 2 amide bonds. The van der Waals surface area contributed by atoms with E-state index in [1.165, 1.54) is 0 Å². The van der Waals surface area contributed by atoms with Gasteiger partial charge in [0.25, 0.3) is 0 Å². The highest BCUT2D eigenvalue weighted by molar-refractivity contribution is 5.78. The summed E-state index contributed by atoms with van der Waals surface area (Å²) < 4.78 is 0. The maximum Gasteiger partial charge on any atom is 0.224 e. The maximum absolute atomic E-state index is 11.6. The normalized spacial score (nSPS) is 10.1. The zero-order valence-corrected chi connectivity index (χ0v) is 10.3. The van der Waals surface area contributed by atoms with Crippen molar-refractivity contribution in [3.05, 3.63) is 35.4 Å². The quantitative estimate of drug-likeness (QED) is 0.596. The molecule has 1 aromatic carbocycles. The molecule has 98 valence electrons. The molecule has 0 saturated heterocycles. The number of rotatable bonds is 7. The summed E-state index contributed by atoms with van der Waals surface area (Å²) in [6.07, 6.45) is 1.21. The zero-order valence-electron chi connectivity index (χ0n) is 10.3. The van der Waals surface area contributed by atoms with Crippen LogP contribution in [0.2, 0.25) is 0 Å². The number of nitrogens with two attached hydrogens (primary N) is 2. The van der Waals surface area contributed by atoms with Gasteiger partial charge in [0.15, 0.2) is 0 Å². The van der Waals surface area contributed by atoms with Crippen molar-refractivity contribution in [2.75, 3.05) is 6.54 Å². The van der Waals surface area contributed by atoms with Crippen molar-refractivity contribution in [1.29, 1.82) is 0 Å². The molecule has 1 aromatic rings. The Morgan fingerprint density at radius 3 is 2.28 bits per heavy atom. The first-order valence-electron chi connectivity index (χ1n) is 5.94. The van der Waals surface area contributed by atoms with E-state index < -0.39 is 0 Å². The van der Waals surface area contributed by atoms with Crippen molar-refractivity contribution in [3.8, 4) is 0 Å². The zero-order chi connectivity index (χ0) is 13.4. The summed E-state index contributed by atoms with van der Waals surface area (Å²) in [5.41, 5.74) is 12.5. The second-order valence-corrected chi connectivity index (χ2v) is 4.12. The van der Waals surface area contributed by atoms with Gasteiger partial charge in [0.1, 0.15) is 0 Å². The molecule has 5 nitrogen and oxygen atoms in total. The minimum absolute atomic E-state index is 0.0556. The van der Waals surface area contributed by atoms with Gasteiger partial charge < -0.3 is 16.8 Å².